The first-order chi connectivity index (χ1) is 9.93. The molecule has 2 heterocycles. The van der Waals surface area contributed by atoms with E-state index in [1.807, 2.05) is 0 Å². The summed E-state index contributed by atoms with van der Waals surface area (Å²) < 4.78 is 11.0. The molecule has 0 aromatic carbocycles. The van der Waals surface area contributed by atoms with Crippen LogP contribution in [0.3, 0.4) is 0 Å². The fourth-order valence-corrected chi connectivity index (χ4v) is 3.43. The predicted octanol–water partition coefficient (Wildman–Crippen LogP) is 0.864. The van der Waals surface area contributed by atoms with Gasteiger partial charge in [0, 0.05) is 63.8 Å². The second-order valence-electron chi connectivity index (χ2n) is 7.35. The highest BCUT2D eigenvalue weighted by Crippen LogP contribution is 2.30. The van der Waals surface area contributed by atoms with Gasteiger partial charge in [0.05, 0.1) is 12.2 Å². The van der Waals surface area contributed by atoms with Crippen LogP contribution in [0.4, 0.5) is 0 Å². The van der Waals surface area contributed by atoms with E-state index in [1.54, 1.807) is 0 Å². The van der Waals surface area contributed by atoms with Gasteiger partial charge in [-0.1, -0.05) is 13.8 Å². The molecule has 2 N–H and O–H groups in total. The van der Waals surface area contributed by atoms with Crippen LogP contribution in [0.25, 0.3) is 0 Å². The van der Waals surface area contributed by atoms with Crippen molar-refractivity contribution in [2.75, 3.05) is 53.1 Å². The average Bonchev–Trinajstić information content (AvgIpc) is 2.85. The number of nitrogens with one attached hydrogen (secondary N) is 1. The molecule has 21 heavy (non-hydrogen) atoms. The van der Waals surface area contributed by atoms with Gasteiger partial charge in [0.25, 0.3) is 0 Å². The molecule has 0 saturated carbocycles. The number of hydrogen-bond acceptors (Lipinski definition) is 5. The molecule has 2 aliphatic rings. The monoisotopic (exact) mass is 300 g/mol. The largest absolute Gasteiger partial charge is 0.388 e. The molecular weight excluding hydrogens is 268 g/mol. The van der Waals surface area contributed by atoms with Gasteiger partial charge in [-0.25, -0.2) is 0 Å². The standard InChI is InChI=1S/C16H32N2O3/c1-14(2)17-10-15(4-7-21-13-15)11-18(3)12-16(19)5-8-20-9-6-16/h14,17,19H,4-13H2,1-3H3. The van der Waals surface area contributed by atoms with Crippen LogP contribution in [-0.2, 0) is 9.47 Å². The van der Waals surface area contributed by atoms with Gasteiger partial charge in [0.15, 0.2) is 0 Å². The maximum Gasteiger partial charge on any atom is 0.0817 e. The van der Waals surface area contributed by atoms with Crippen molar-refractivity contribution in [1.82, 2.24) is 10.2 Å². The Labute approximate surface area is 129 Å². The molecule has 0 aromatic heterocycles. The summed E-state index contributed by atoms with van der Waals surface area (Å²) >= 11 is 0. The van der Waals surface area contributed by atoms with E-state index in [0.717, 1.165) is 52.1 Å². The number of rotatable bonds is 7. The summed E-state index contributed by atoms with van der Waals surface area (Å²) in [7, 11) is 2.11. The third kappa shape index (κ3) is 5.18. The van der Waals surface area contributed by atoms with Gasteiger partial charge in [-0.2, -0.15) is 0 Å². The molecule has 2 rings (SSSR count). The van der Waals surface area contributed by atoms with Crippen LogP contribution in [0.1, 0.15) is 33.1 Å². The summed E-state index contributed by atoms with van der Waals surface area (Å²) in [6, 6.07) is 0.493. The van der Waals surface area contributed by atoms with Gasteiger partial charge in [-0.05, 0) is 13.5 Å². The first kappa shape index (κ1) is 17.2. The summed E-state index contributed by atoms with van der Waals surface area (Å²) in [5.41, 5.74) is -0.403. The maximum absolute atomic E-state index is 10.6. The molecule has 1 atom stereocenters. The molecule has 0 bridgehead atoms. The topological polar surface area (TPSA) is 54.0 Å². The zero-order valence-electron chi connectivity index (χ0n) is 13.9. The molecule has 0 amide bonds. The number of nitrogens with zero attached hydrogens (tertiary/aromatic N) is 1. The summed E-state index contributed by atoms with van der Waals surface area (Å²) in [5, 5.41) is 14.2. The van der Waals surface area contributed by atoms with Crippen LogP contribution in [0, 0.1) is 5.41 Å². The first-order valence-corrected chi connectivity index (χ1v) is 8.23. The first-order valence-electron chi connectivity index (χ1n) is 8.23. The highest BCUT2D eigenvalue weighted by atomic mass is 16.5. The van der Waals surface area contributed by atoms with Crippen LogP contribution >= 0.6 is 0 Å². The lowest BCUT2D eigenvalue weighted by Gasteiger charge is -2.39. The lowest BCUT2D eigenvalue weighted by atomic mass is 9.85. The third-order valence-corrected chi connectivity index (χ3v) is 4.66. The Morgan fingerprint density at radius 1 is 1.10 bits per heavy atom. The Morgan fingerprint density at radius 3 is 2.33 bits per heavy atom. The Bertz CT molecular complexity index is 311. The number of ether oxygens (including phenoxy) is 2. The van der Waals surface area contributed by atoms with Gasteiger partial charge in [0.2, 0.25) is 0 Å². The van der Waals surface area contributed by atoms with Crippen molar-refractivity contribution in [1.29, 1.82) is 0 Å². The Balaban J connectivity index is 1.87. The molecular formula is C16H32N2O3. The summed E-state index contributed by atoms with van der Waals surface area (Å²) in [4.78, 5) is 2.28. The van der Waals surface area contributed by atoms with Gasteiger partial charge in [-0.3, -0.25) is 0 Å². The van der Waals surface area contributed by atoms with E-state index in [1.165, 1.54) is 0 Å². The van der Waals surface area contributed by atoms with E-state index in [4.69, 9.17) is 9.47 Å². The predicted molar refractivity (Wildman–Crippen MR) is 83.5 cm³/mol. The molecule has 124 valence electrons. The van der Waals surface area contributed by atoms with Crippen molar-refractivity contribution in [3.8, 4) is 0 Å². The van der Waals surface area contributed by atoms with E-state index >= 15 is 0 Å². The molecule has 2 aliphatic heterocycles. The fourth-order valence-electron chi connectivity index (χ4n) is 3.43. The lowest BCUT2D eigenvalue weighted by Crippen LogP contribution is -2.50. The highest BCUT2D eigenvalue weighted by Gasteiger charge is 2.38. The van der Waals surface area contributed by atoms with Crippen LogP contribution in [0.5, 0.6) is 0 Å². The van der Waals surface area contributed by atoms with Crippen LogP contribution in [0.2, 0.25) is 0 Å². The zero-order valence-corrected chi connectivity index (χ0v) is 13.9. The van der Waals surface area contributed by atoms with Crippen LogP contribution in [-0.4, -0.2) is 74.8 Å². The molecule has 0 spiro atoms. The van der Waals surface area contributed by atoms with Crippen molar-refractivity contribution in [2.24, 2.45) is 5.41 Å². The molecule has 2 fully saturated rings. The molecule has 5 nitrogen and oxygen atoms in total. The summed E-state index contributed by atoms with van der Waals surface area (Å²) in [6.45, 7) is 10.0. The summed E-state index contributed by atoms with van der Waals surface area (Å²) in [5.74, 6) is 0. The fraction of sp³-hybridized carbons (Fsp3) is 1.00. The number of hydrogen-bond donors (Lipinski definition) is 2. The van der Waals surface area contributed by atoms with Gasteiger partial charge < -0.3 is 24.8 Å². The zero-order chi connectivity index (χ0) is 15.3. The van der Waals surface area contributed by atoms with Crippen molar-refractivity contribution in [3.63, 3.8) is 0 Å². The molecule has 0 radical (unpaired) electrons. The van der Waals surface area contributed by atoms with Crippen molar-refractivity contribution < 1.29 is 14.6 Å². The van der Waals surface area contributed by atoms with E-state index < -0.39 is 5.60 Å². The van der Waals surface area contributed by atoms with E-state index in [0.29, 0.717) is 19.3 Å². The lowest BCUT2D eigenvalue weighted by molar-refractivity contribution is -0.0805. The van der Waals surface area contributed by atoms with Crippen molar-refractivity contribution in [3.05, 3.63) is 0 Å². The van der Waals surface area contributed by atoms with Crippen LogP contribution < -0.4 is 5.32 Å². The van der Waals surface area contributed by atoms with Crippen molar-refractivity contribution in [2.45, 2.75) is 44.8 Å². The quantitative estimate of drug-likeness (QED) is 0.730. The Morgan fingerprint density at radius 2 is 1.76 bits per heavy atom. The molecule has 0 aliphatic carbocycles. The SMILES string of the molecule is CC(C)NCC1(CN(C)CC2(O)CCOCC2)CCOC1. The van der Waals surface area contributed by atoms with E-state index in [-0.39, 0.29) is 5.41 Å². The minimum Gasteiger partial charge on any atom is -0.388 e. The minimum atomic E-state index is -0.584. The maximum atomic E-state index is 10.6. The van der Waals surface area contributed by atoms with E-state index in [9.17, 15) is 5.11 Å². The van der Waals surface area contributed by atoms with E-state index in [2.05, 4.69) is 31.1 Å². The molecule has 0 aromatic rings. The van der Waals surface area contributed by atoms with Gasteiger partial charge >= 0.3 is 0 Å². The smallest absolute Gasteiger partial charge is 0.0817 e. The Kier molecular flexibility index (Phi) is 6.03. The minimum absolute atomic E-state index is 0.181. The van der Waals surface area contributed by atoms with Crippen LogP contribution in [0.15, 0.2) is 0 Å². The number of likely N-dealkylation sites (N-methyl/N-ethyl adjacent to an activating group) is 1. The summed E-state index contributed by atoms with van der Waals surface area (Å²) in [6.07, 6.45) is 2.58. The Hall–Kier alpha value is -0.200. The van der Waals surface area contributed by atoms with Gasteiger partial charge in [0.1, 0.15) is 0 Å². The second-order valence-corrected chi connectivity index (χ2v) is 7.35. The molecule has 1 unspecified atom stereocenters. The molecule has 5 heteroatoms. The highest BCUT2D eigenvalue weighted by molar-refractivity contribution is 4.91. The number of aliphatic hydroxyl groups is 1. The van der Waals surface area contributed by atoms with Gasteiger partial charge in [-0.15, -0.1) is 0 Å². The normalized spacial score (nSPS) is 29.4. The molecule has 2 saturated heterocycles. The van der Waals surface area contributed by atoms with Crippen molar-refractivity contribution >= 4 is 0 Å². The second kappa shape index (κ2) is 7.38. The average molecular weight is 300 g/mol. The third-order valence-electron chi connectivity index (χ3n) is 4.66.